The molecule has 4 rings (SSSR count). The number of ether oxygens (including phenoxy) is 1. The van der Waals surface area contributed by atoms with Gasteiger partial charge in [0.25, 0.3) is 11.6 Å². The zero-order valence-electron chi connectivity index (χ0n) is 16.1. The highest BCUT2D eigenvalue weighted by Gasteiger charge is 2.27. The lowest BCUT2D eigenvalue weighted by Gasteiger charge is -2.36. The van der Waals surface area contributed by atoms with E-state index in [0.717, 1.165) is 19.4 Å². The first-order chi connectivity index (χ1) is 14.4. The van der Waals surface area contributed by atoms with Crippen molar-refractivity contribution in [2.75, 3.05) is 39.3 Å². The van der Waals surface area contributed by atoms with E-state index in [9.17, 15) is 14.9 Å². The van der Waals surface area contributed by atoms with Crippen LogP contribution in [0.15, 0.2) is 18.2 Å². The summed E-state index contributed by atoms with van der Waals surface area (Å²) in [6.45, 7) is 3.86. The summed E-state index contributed by atoms with van der Waals surface area (Å²) in [5.41, 5.74) is -0.0166. The number of benzene rings is 1. The van der Waals surface area contributed by atoms with Gasteiger partial charge in [-0.2, -0.15) is 0 Å². The van der Waals surface area contributed by atoms with Crippen LogP contribution in [0.3, 0.4) is 0 Å². The van der Waals surface area contributed by atoms with Gasteiger partial charge in [0.2, 0.25) is 0 Å². The smallest absolute Gasteiger partial charge is 0.270 e. The fraction of sp³-hybridized carbons (Fsp3) is 0.474. The average Bonchev–Trinajstić information content (AvgIpc) is 3.39. The maximum Gasteiger partial charge on any atom is 0.270 e. The molecule has 8 nitrogen and oxygen atoms in total. The van der Waals surface area contributed by atoms with Crippen molar-refractivity contribution in [2.24, 2.45) is 0 Å². The average molecular weight is 469 g/mol. The molecule has 1 amide bonds. The van der Waals surface area contributed by atoms with Crippen LogP contribution in [-0.2, 0) is 4.74 Å². The number of non-ortho nitro benzene ring substituents is 1. The summed E-state index contributed by atoms with van der Waals surface area (Å²) in [6, 6.07) is 4.45. The summed E-state index contributed by atoms with van der Waals surface area (Å²) in [5.74, 6) is -0.151. The van der Waals surface area contributed by atoms with Gasteiger partial charge in [-0.05, 0) is 31.1 Å². The number of nitro benzene ring substituents is 1. The van der Waals surface area contributed by atoms with Gasteiger partial charge in [-0.15, -0.1) is 11.3 Å². The van der Waals surface area contributed by atoms with Crippen LogP contribution in [0.25, 0.3) is 10.1 Å². The monoisotopic (exact) mass is 468 g/mol. The molecule has 2 aliphatic rings. The highest BCUT2D eigenvalue weighted by molar-refractivity contribution is 7.80. The van der Waals surface area contributed by atoms with Crippen molar-refractivity contribution in [3.63, 3.8) is 0 Å². The second-order valence-corrected chi connectivity index (χ2v) is 9.10. The molecular weight excluding hydrogens is 448 g/mol. The van der Waals surface area contributed by atoms with Crippen molar-refractivity contribution in [3.05, 3.63) is 38.2 Å². The minimum atomic E-state index is -0.455. The molecule has 0 spiro atoms. The number of thiophene rings is 1. The molecule has 0 aliphatic carbocycles. The Morgan fingerprint density at radius 3 is 2.73 bits per heavy atom. The van der Waals surface area contributed by atoms with Crippen LogP contribution in [0.1, 0.15) is 22.5 Å². The van der Waals surface area contributed by atoms with Crippen LogP contribution in [0, 0.1) is 10.1 Å². The number of rotatable bonds is 4. The van der Waals surface area contributed by atoms with Crippen molar-refractivity contribution < 1.29 is 14.5 Å². The molecule has 2 aliphatic heterocycles. The van der Waals surface area contributed by atoms with Crippen molar-refractivity contribution in [1.82, 2.24) is 15.1 Å². The SMILES string of the molecule is O=C(c1sc2cc([N+](=O)[O-])ccc2c1Cl)N1CCN(C(=S)NC[C@@H]2CCCO2)CC1. The van der Waals surface area contributed by atoms with E-state index < -0.39 is 4.92 Å². The van der Waals surface area contributed by atoms with E-state index >= 15 is 0 Å². The fourth-order valence-corrected chi connectivity index (χ4v) is 5.46. The number of hydrogen-bond donors (Lipinski definition) is 1. The van der Waals surface area contributed by atoms with Crippen molar-refractivity contribution in [2.45, 2.75) is 18.9 Å². The van der Waals surface area contributed by atoms with Crippen LogP contribution >= 0.6 is 35.2 Å². The maximum atomic E-state index is 13.0. The summed E-state index contributed by atoms with van der Waals surface area (Å²) in [6.07, 6.45) is 2.36. The molecule has 0 unspecified atom stereocenters. The van der Waals surface area contributed by atoms with E-state index in [1.807, 2.05) is 0 Å². The van der Waals surface area contributed by atoms with E-state index in [-0.39, 0.29) is 17.7 Å². The van der Waals surface area contributed by atoms with Crippen LogP contribution in [0.2, 0.25) is 5.02 Å². The second-order valence-electron chi connectivity index (χ2n) is 7.28. The first-order valence-electron chi connectivity index (χ1n) is 9.74. The lowest BCUT2D eigenvalue weighted by molar-refractivity contribution is -0.384. The van der Waals surface area contributed by atoms with Gasteiger partial charge in [0, 0.05) is 61.5 Å². The standard InChI is InChI=1S/C19H21ClN4O4S2/c20-16-14-4-3-12(24(26)27)10-15(14)30-17(16)18(25)22-5-7-23(8-6-22)19(29)21-11-13-2-1-9-28-13/h3-4,10,13H,1-2,5-9,11H2,(H,21,29)/t13-/m0/s1. The zero-order valence-corrected chi connectivity index (χ0v) is 18.5. The van der Waals surface area contributed by atoms with E-state index in [1.165, 1.54) is 23.5 Å². The third-order valence-electron chi connectivity index (χ3n) is 5.38. The van der Waals surface area contributed by atoms with Crippen molar-refractivity contribution >= 4 is 61.9 Å². The maximum absolute atomic E-state index is 13.0. The molecule has 1 aromatic carbocycles. The minimum absolute atomic E-state index is 0.0166. The van der Waals surface area contributed by atoms with Gasteiger partial charge in [-0.3, -0.25) is 14.9 Å². The lowest BCUT2D eigenvalue weighted by atomic mass is 10.2. The number of nitro groups is 1. The van der Waals surface area contributed by atoms with Crippen LogP contribution < -0.4 is 5.32 Å². The molecule has 11 heteroatoms. The van der Waals surface area contributed by atoms with E-state index in [1.54, 1.807) is 11.0 Å². The van der Waals surface area contributed by atoms with Crippen LogP contribution in [-0.4, -0.2) is 71.2 Å². The quantitative estimate of drug-likeness (QED) is 0.418. The molecule has 0 bridgehead atoms. The molecule has 2 saturated heterocycles. The van der Waals surface area contributed by atoms with Gasteiger partial charge in [0.05, 0.1) is 16.0 Å². The normalized spacial score (nSPS) is 19.3. The van der Waals surface area contributed by atoms with Crippen LogP contribution in [0.4, 0.5) is 5.69 Å². The summed E-state index contributed by atoms with van der Waals surface area (Å²) < 4.78 is 6.24. The van der Waals surface area contributed by atoms with Crippen molar-refractivity contribution in [1.29, 1.82) is 0 Å². The molecule has 2 aromatic rings. The van der Waals surface area contributed by atoms with Gasteiger partial charge >= 0.3 is 0 Å². The predicted molar refractivity (Wildman–Crippen MR) is 121 cm³/mol. The van der Waals surface area contributed by atoms with Gasteiger partial charge in [-0.25, -0.2) is 0 Å². The highest BCUT2D eigenvalue weighted by Crippen LogP contribution is 2.38. The van der Waals surface area contributed by atoms with Gasteiger partial charge < -0.3 is 19.9 Å². The second kappa shape index (κ2) is 9.01. The number of amides is 1. The Hall–Kier alpha value is -2.01. The predicted octanol–water partition coefficient (Wildman–Crippen LogP) is 3.27. The Kier molecular flexibility index (Phi) is 6.37. The molecule has 2 fully saturated rings. The van der Waals surface area contributed by atoms with E-state index in [2.05, 4.69) is 10.2 Å². The molecule has 1 N–H and O–H groups in total. The number of piperazine rings is 1. The Morgan fingerprint density at radius 1 is 1.33 bits per heavy atom. The van der Waals surface area contributed by atoms with E-state index in [0.29, 0.717) is 57.8 Å². The molecule has 0 saturated carbocycles. The lowest BCUT2D eigenvalue weighted by Crippen LogP contribution is -2.53. The number of halogens is 1. The Morgan fingerprint density at radius 2 is 2.07 bits per heavy atom. The first kappa shape index (κ1) is 21.2. The molecule has 1 aromatic heterocycles. The summed E-state index contributed by atoms with van der Waals surface area (Å²) in [4.78, 5) is 27.8. The summed E-state index contributed by atoms with van der Waals surface area (Å²) in [7, 11) is 0. The number of hydrogen-bond acceptors (Lipinski definition) is 6. The number of nitrogens with one attached hydrogen (secondary N) is 1. The third kappa shape index (κ3) is 4.36. The molecule has 160 valence electrons. The topological polar surface area (TPSA) is 88.0 Å². The number of thiocarbonyl (C=S) groups is 1. The van der Waals surface area contributed by atoms with E-state index in [4.69, 9.17) is 28.6 Å². The number of fused-ring (bicyclic) bond motifs is 1. The molecule has 30 heavy (non-hydrogen) atoms. The zero-order chi connectivity index (χ0) is 21.3. The number of carbonyl (C=O) groups is 1. The minimum Gasteiger partial charge on any atom is -0.376 e. The Labute approximate surface area is 187 Å². The molecular formula is C19H21ClN4O4S2. The third-order valence-corrected chi connectivity index (χ3v) is 7.42. The molecule has 1 atom stereocenters. The highest BCUT2D eigenvalue weighted by atomic mass is 35.5. The van der Waals surface area contributed by atoms with Gasteiger partial charge in [-0.1, -0.05) is 11.6 Å². The fourth-order valence-electron chi connectivity index (χ4n) is 3.68. The number of carbonyl (C=O) groups excluding carboxylic acids is 1. The Bertz CT molecular complexity index is 984. The Balaban J connectivity index is 1.37. The summed E-state index contributed by atoms with van der Waals surface area (Å²) in [5, 5.41) is 16.0. The largest absolute Gasteiger partial charge is 0.376 e. The van der Waals surface area contributed by atoms with Crippen LogP contribution in [0.5, 0.6) is 0 Å². The number of nitrogens with zero attached hydrogens (tertiary/aromatic N) is 3. The van der Waals surface area contributed by atoms with Gasteiger partial charge in [0.15, 0.2) is 5.11 Å². The van der Waals surface area contributed by atoms with Gasteiger partial charge in [0.1, 0.15) is 4.88 Å². The first-order valence-corrected chi connectivity index (χ1v) is 11.3. The summed E-state index contributed by atoms with van der Waals surface area (Å²) >= 11 is 13.1. The molecule has 0 radical (unpaired) electrons. The van der Waals surface area contributed by atoms with Crippen molar-refractivity contribution in [3.8, 4) is 0 Å². The molecule has 3 heterocycles.